The molecule has 3 aromatic carbocycles. The Morgan fingerprint density at radius 1 is 1.03 bits per heavy atom. The number of amides is 1. The number of pyridine rings is 1. The minimum Gasteiger partial charge on any atom is -0.508 e. The third-order valence-corrected chi connectivity index (χ3v) is 6.14. The molecule has 0 radical (unpaired) electrons. The Labute approximate surface area is 208 Å². The summed E-state index contributed by atoms with van der Waals surface area (Å²) in [5, 5.41) is 27.3. The van der Waals surface area contributed by atoms with Crippen molar-refractivity contribution in [3.05, 3.63) is 107 Å². The normalized spacial score (nSPS) is 10.8. The average Bonchev–Trinajstić information content (AvgIpc) is 3.16. The summed E-state index contributed by atoms with van der Waals surface area (Å²) in [6.07, 6.45) is 0. The number of aromatic hydroxyl groups is 1. The molecule has 176 valence electrons. The van der Waals surface area contributed by atoms with Crippen molar-refractivity contribution in [1.29, 1.82) is 5.26 Å². The number of carbonyl (C=O) groups is 1. The SMILES string of the molecule is Cc1nn(Cc2ccc(C#N)cc2)c(C)c1NC(=O)c1cc(-c2ccccc2)nc2ccc(O)cc12. The van der Waals surface area contributed by atoms with Crippen molar-refractivity contribution in [3.8, 4) is 23.1 Å². The molecule has 0 aliphatic carbocycles. The zero-order valence-corrected chi connectivity index (χ0v) is 19.9. The van der Waals surface area contributed by atoms with Crippen LogP contribution < -0.4 is 5.32 Å². The van der Waals surface area contributed by atoms with E-state index in [0.717, 1.165) is 16.8 Å². The van der Waals surface area contributed by atoms with Crippen LogP contribution in [-0.2, 0) is 6.54 Å². The van der Waals surface area contributed by atoms with Gasteiger partial charge < -0.3 is 10.4 Å². The average molecular weight is 474 g/mol. The lowest BCUT2D eigenvalue weighted by Crippen LogP contribution is -2.14. The molecule has 0 saturated heterocycles. The monoisotopic (exact) mass is 473 g/mol. The number of phenolic OH excluding ortho intramolecular Hbond substituents is 1. The summed E-state index contributed by atoms with van der Waals surface area (Å²) >= 11 is 0. The van der Waals surface area contributed by atoms with Crippen LogP contribution in [0.2, 0.25) is 0 Å². The molecule has 5 rings (SSSR count). The molecule has 2 aromatic heterocycles. The molecule has 0 unspecified atom stereocenters. The van der Waals surface area contributed by atoms with Crippen molar-refractivity contribution in [2.45, 2.75) is 20.4 Å². The maximum atomic E-state index is 13.6. The number of nitrogens with zero attached hydrogens (tertiary/aromatic N) is 4. The molecule has 0 saturated carbocycles. The van der Waals surface area contributed by atoms with Crippen LogP contribution in [0.5, 0.6) is 5.75 Å². The number of nitrogens with one attached hydrogen (secondary N) is 1. The Morgan fingerprint density at radius 2 is 1.78 bits per heavy atom. The molecule has 7 heteroatoms. The summed E-state index contributed by atoms with van der Waals surface area (Å²) in [5.74, 6) is -0.247. The molecule has 1 amide bonds. The van der Waals surface area contributed by atoms with Crippen molar-refractivity contribution >= 4 is 22.5 Å². The summed E-state index contributed by atoms with van der Waals surface area (Å²) in [4.78, 5) is 18.3. The maximum absolute atomic E-state index is 13.6. The fraction of sp³-hybridized carbons (Fsp3) is 0.103. The zero-order chi connectivity index (χ0) is 25.2. The van der Waals surface area contributed by atoms with Gasteiger partial charge in [-0.05, 0) is 55.8 Å². The van der Waals surface area contributed by atoms with Gasteiger partial charge in [-0.15, -0.1) is 0 Å². The van der Waals surface area contributed by atoms with Crippen LogP contribution in [-0.4, -0.2) is 25.8 Å². The molecule has 0 fully saturated rings. The van der Waals surface area contributed by atoms with Gasteiger partial charge in [0.15, 0.2) is 0 Å². The Balaban J connectivity index is 1.50. The van der Waals surface area contributed by atoms with E-state index in [2.05, 4.69) is 16.5 Å². The number of nitriles is 1. The molecule has 0 spiro atoms. The fourth-order valence-electron chi connectivity index (χ4n) is 4.23. The van der Waals surface area contributed by atoms with Crippen LogP contribution >= 0.6 is 0 Å². The second-order valence-corrected chi connectivity index (χ2v) is 8.59. The van der Waals surface area contributed by atoms with E-state index in [-0.39, 0.29) is 11.7 Å². The molecule has 5 aromatic rings. The van der Waals surface area contributed by atoms with Gasteiger partial charge in [-0.3, -0.25) is 9.48 Å². The molecule has 0 aliphatic heterocycles. The van der Waals surface area contributed by atoms with Gasteiger partial charge in [0.05, 0.1) is 52.0 Å². The van der Waals surface area contributed by atoms with Gasteiger partial charge in [-0.1, -0.05) is 42.5 Å². The van der Waals surface area contributed by atoms with E-state index < -0.39 is 0 Å². The number of anilines is 1. The third kappa shape index (κ3) is 4.40. The van der Waals surface area contributed by atoms with Gasteiger partial charge in [-0.2, -0.15) is 10.4 Å². The van der Waals surface area contributed by atoms with E-state index in [0.29, 0.717) is 45.6 Å². The highest BCUT2D eigenvalue weighted by Gasteiger charge is 2.19. The quantitative estimate of drug-likeness (QED) is 0.346. The van der Waals surface area contributed by atoms with Crippen LogP contribution in [0.15, 0.2) is 78.9 Å². The smallest absolute Gasteiger partial charge is 0.256 e. The first kappa shape index (κ1) is 22.8. The summed E-state index contributed by atoms with van der Waals surface area (Å²) in [5.41, 5.74) is 6.34. The van der Waals surface area contributed by atoms with Gasteiger partial charge in [0, 0.05) is 10.9 Å². The lowest BCUT2D eigenvalue weighted by atomic mass is 10.0. The standard InChI is InChI=1S/C29H23N5O2/c1-18-28(19(2)34(33-18)17-21-10-8-20(16-30)9-11-21)32-29(36)25-15-27(22-6-4-3-5-7-22)31-26-13-12-23(35)14-24(25)26/h3-15,35H,17H2,1-2H3,(H,32,36). The number of rotatable bonds is 5. The molecule has 0 atom stereocenters. The number of benzene rings is 3. The molecule has 7 nitrogen and oxygen atoms in total. The number of aryl methyl sites for hydroxylation is 1. The lowest BCUT2D eigenvalue weighted by molar-refractivity contribution is 0.102. The fourth-order valence-corrected chi connectivity index (χ4v) is 4.23. The molecular formula is C29H23N5O2. The Kier molecular flexibility index (Phi) is 5.93. The Morgan fingerprint density at radius 3 is 2.50 bits per heavy atom. The minimum atomic E-state index is -0.311. The maximum Gasteiger partial charge on any atom is 0.256 e. The molecule has 0 bridgehead atoms. The van der Waals surface area contributed by atoms with Gasteiger partial charge >= 0.3 is 0 Å². The van der Waals surface area contributed by atoms with E-state index in [1.165, 1.54) is 0 Å². The van der Waals surface area contributed by atoms with Crippen molar-refractivity contribution in [3.63, 3.8) is 0 Å². The predicted molar refractivity (Wildman–Crippen MR) is 139 cm³/mol. The summed E-state index contributed by atoms with van der Waals surface area (Å²) < 4.78 is 1.83. The van der Waals surface area contributed by atoms with E-state index >= 15 is 0 Å². The van der Waals surface area contributed by atoms with Crippen LogP contribution in [0, 0.1) is 25.2 Å². The largest absolute Gasteiger partial charge is 0.508 e. The number of fused-ring (bicyclic) bond motifs is 1. The molecule has 36 heavy (non-hydrogen) atoms. The highest BCUT2D eigenvalue weighted by atomic mass is 16.3. The molecule has 2 heterocycles. The number of hydrogen-bond donors (Lipinski definition) is 2. The Bertz CT molecular complexity index is 1630. The van der Waals surface area contributed by atoms with Crippen LogP contribution in [0.25, 0.3) is 22.2 Å². The number of phenols is 1. The third-order valence-electron chi connectivity index (χ3n) is 6.14. The van der Waals surface area contributed by atoms with Gasteiger partial charge in [0.1, 0.15) is 5.75 Å². The molecular weight excluding hydrogens is 450 g/mol. The van der Waals surface area contributed by atoms with E-state index in [1.807, 2.05) is 61.0 Å². The summed E-state index contributed by atoms with van der Waals surface area (Å²) in [7, 11) is 0. The topological polar surface area (TPSA) is 104 Å². The van der Waals surface area contributed by atoms with Crippen LogP contribution in [0.3, 0.4) is 0 Å². The second-order valence-electron chi connectivity index (χ2n) is 8.59. The molecule has 2 N–H and O–H groups in total. The first-order valence-corrected chi connectivity index (χ1v) is 11.5. The minimum absolute atomic E-state index is 0.0633. The zero-order valence-electron chi connectivity index (χ0n) is 19.9. The van der Waals surface area contributed by atoms with E-state index in [1.54, 1.807) is 36.4 Å². The van der Waals surface area contributed by atoms with Gasteiger partial charge in [-0.25, -0.2) is 4.98 Å². The number of carbonyl (C=O) groups excluding carboxylic acids is 1. The predicted octanol–water partition coefficient (Wildman–Crippen LogP) is 5.59. The van der Waals surface area contributed by atoms with Crippen LogP contribution in [0.1, 0.15) is 32.9 Å². The lowest BCUT2D eigenvalue weighted by Gasteiger charge is -2.12. The summed E-state index contributed by atoms with van der Waals surface area (Å²) in [6, 6.07) is 25.7. The van der Waals surface area contributed by atoms with Crippen molar-refractivity contribution in [2.24, 2.45) is 0 Å². The van der Waals surface area contributed by atoms with Crippen molar-refractivity contribution in [1.82, 2.24) is 14.8 Å². The first-order chi connectivity index (χ1) is 17.4. The Hall–Kier alpha value is -4.96. The number of aromatic nitrogens is 3. The first-order valence-electron chi connectivity index (χ1n) is 11.5. The highest BCUT2D eigenvalue weighted by Crippen LogP contribution is 2.29. The van der Waals surface area contributed by atoms with Crippen LogP contribution in [0.4, 0.5) is 5.69 Å². The van der Waals surface area contributed by atoms with Crippen molar-refractivity contribution in [2.75, 3.05) is 5.32 Å². The van der Waals surface area contributed by atoms with Crippen molar-refractivity contribution < 1.29 is 9.90 Å². The second kappa shape index (κ2) is 9.35. The number of hydrogen-bond acceptors (Lipinski definition) is 5. The van der Waals surface area contributed by atoms with E-state index in [4.69, 9.17) is 10.2 Å². The highest BCUT2D eigenvalue weighted by molar-refractivity contribution is 6.13. The van der Waals surface area contributed by atoms with Gasteiger partial charge in [0.25, 0.3) is 5.91 Å². The summed E-state index contributed by atoms with van der Waals surface area (Å²) in [6.45, 7) is 4.27. The molecule has 0 aliphatic rings. The van der Waals surface area contributed by atoms with Gasteiger partial charge in [0.2, 0.25) is 0 Å². The van der Waals surface area contributed by atoms with E-state index in [9.17, 15) is 9.90 Å².